The van der Waals surface area contributed by atoms with Gasteiger partial charge in [0.25, 0.3) is 0 Å². The van der Waals surface area contributed by atoms with E-state index in [0.29, 0.717) is 5.88 Å². The van der Waals surface area contributed by atoms with Gasteiger partial charge in [0, 0.05) is 47.7 Å². The number of pyridine rings is 1. The Bertz CT molecular complexity index is 1690. The lowest BCUT2D eigenvalue weighted by molar-refractivity contribution is 0.397. The lowest BCUT2D eigenvalue weighted by Crippen LogP contribution is -2.16. The van der Waals surface area contributed by atoms with Gasteiger partial charge in [-0.25, -0.2) is 9.97 Å². The summed E-state index contributed by atoms with van der Waals surface area (Å²) in [7, 11) is 3.61. The van der Waals surface area contributed by atoms with Crippen LogP contribution in [0.3, 0.4) is 0 Å². The minimum Gasteiger partial charge on any atom is -0.481 e. The summed E-state index contributed by atoms with van der Waals surface area (Å²) in [6, 6.07) is 14.5. The highest BCUT2D eigenvalue weighted by Crippen LogP contribution is 2.36. The third-order valence-corrected chi connectivity index (χ3v) is 7.50. The Morgan fingerprint density at radius 3 is 2.67 bits per heavy atom. The average Bonchev–Trinajstić information content (AvgIpc) is 3.51. The van der Waals surface area contributed by atoms with Crippen molar-refractivity contribution in [1.82, 2.24) is 24.5 Å². The van der Waals surface area contributed by atoms with Crippen LogP contribution in [-0.4, -0.2) is 31.6 Å². The van der Waals surface area contributed by atoms with Crippen molar-refractivity contribution in [2.24, 2.45) is 7.05 Å². The predicted molar refractivity (Wildman–Crippen MR) is 145 cm³/mol. The van der Waals surface area contributed by atoms with Crippen molar-refractivity contribution in [3.8, 4) is 17.0 Å². The first-order valence-corrected chi connectivity index (χ1v) is 12.4. The average molecular weight is 493 g/mol. The van der Waals surface area contributed by atoms with Gasteiger partial charge < -0.3 is 14.6 Å². The summed E-state index contributed by atoms with van der Waals surface area (Å²) in [6.45, 7) is 2.15. The lowest BCUT2D eigenvalue weighted by atomic mass is 9.99. The molecule has 178 valence electrons. The van der Waals surface area contributed by atoms with E-state index < -0.39 is 0 Å². The fourth-order valence-electron chi connectivity index (χ4n) is 4.53. The minimum atomic E-state index is -0.181. The molecule has 4 heterocycles. The van der Waals surface area contributed by atoms with Gasteiger partial charge in [-0.15, -0.1) is 11.3 Å². The molecule has 0 radical (unpaired) electrons. The largest absolute Gasteiger partial charge is 0.481 e. The molecule has 1 N–H and O–H groups in total. The van der Waals surface area contributed by atoms with Crippen LogP contribution in [0.4, 0.5) is 5.69 Å². The summed E-state index contributed by atoms with van der Waals surface area (Å²) in [5.41, 5.74) is 8.07. The van der Waals surface area contributed by atoms with Crippen LogP contribution in [-0.2, 0) is 7.05 Å². The maximum absolute atomic E-state index is 5.26. The van der Waals surface area contributed by atoms with E-state index in [1.54, 1.807) is 37.2 Å². The maximum Gasteiger partial charge on any atom is 0.212 e. The number of imidazole rings is 1. The third kappa shape index (κ3) is 3.95. The Morgan fingerprint density at radius 1 is 1.00 bits per heavy atom. The number of rotatable bonds is 6. The number of methoxy groups -OCH3 is 1. The topological polar surface area (TPSA) is 77.8 Å². The molecule has 0 amide bonds. The number of nitrogens with one attached hydrogen (secondary N) is 1. The van der Waals surface area contributed by atoms with E-state index in [0.717, 1.165) is 39.1 Å². The summed E-state index contributed by atoms with van der Waals surface area (Å²) in [5, 5.41) is 7.18. The number of aromatic nitrogens is 5. The molecule has 4 aromatic heterocycles. The highest BCUT2D eigenvalue weighted by atomic mass is 32.1. The molecule has 0 aliphatic heterocycles. The smallest absolute Gasteiger partial charge is 0.212 e. The Hall–Kier alpha value is -4.30. The van der Waals surface area contributed by atoms with Gasteiger partial charge >= 0.3 is 0 Å². The second-order valence-corrected chi connectivity index (χ2v) is 9.63. The quantitative estimate of drug-likeness (QED) is 0.300. The number of hydrogen-bond acceptors (Lipinski definition) is 7. The van der Waals surface area contributed by atoms with Gasteiger partial charge in [-0.05, 0) is 64.7 Å². The molecule has 6 aromatic rings. The van der Waals surface area contributed by atoms with Crippen molar-refractivity contribution >= 4 is 38.1 Å². The minimum absolute atomic E-state index is 0.181. The fraction of sp³-hybridized carbons (Fsp3) is 0.143. The predicted octanol–water partition coefficient (Wildman–Crippen LogP) is 6.16. The van der Waals surface area contributed by atoms with Crippen molar-refractivity contribution in [2.75, 3.05) is 12.4 Å². The number of ether oxygens (including phenoxy) is 1. The van der Waals surface area contributed by atoms with Crippen molar-refractivity contribution in [1.29, 1.82) is 0 Å². The van der Waals surface area contributed by atoms with Gasteiger partial charge in [-0.3, -0.25) is 9.97 Å². The number of hydrogen-bond donors (Lipinski definition) is 1. The van der Waals surface area contributed by atoms with Crippen LogP contribution in [0.15, 0.2) is 79.0 Å². The van der Waals surface area contributed by atoms with Crippen molar-refractivity contribution in [3.05, 3.63) is 95.8 Å². The van der Waals surface area contributed by atoms with Crippen LogP contribution >= 0.6 is 11.3 Å². The molecule has 6 rings (SSSR count). The van der Waals surface area contributed by atoms with Crippen LogP contribution in [0.5, 0.6) is 5.88 Å². The fourth-order valence-corrected chi connectivity index (χ4v) is 5.45. The molecule has 0 fully saturated rings. The normalized spacial score (nSPS) is 12.2. The van der Waals surface area contributed by atoms with Crippen molar-refractivity contribution in [2.45, 2.75) is 13.0 Å². The van der Waals surface area contributed by atoms with Crippen LogP contribution < -0.4 is 10.1 Å². The molecule has 0 saturated heterocycles. The second-order valence-electron chi connectivity index (χ2n) is 8.72. The standard InChI is InChI=1S/C28H24N6OS/c1-17-15-36-25-6-4-18(10-21(17)25)22-11-20(12-23-28(22)31-9-8-30-23)33-27(24-14-29-16-34(24)2)19-5-7-26(35-3)32-13-19/h4-16,27,33H,1-3H3. The van der Waals surface area contributed by atoms with Crippen molar-refractivity contribution < 1.29 is 4.74 Å². The summed E-state index contributed by atoms with van der Waals surface area (Å²) < 4.78 is 8.56. The van der Waals surface area contributed by atoms with E-state index in [1.807, 2.05) is 42.2 Å². The number of anilines is 1. The number of nitrogens with zero attached hydrogens (tertiary/aromatic N) is 5. The van der Waals surface area contributed by atoms with Crippen LogP contribution in [0.25, 0.3) is 32.2 Å². The molecular weight excluding hydrogens is 468 g/mol. The van der Waals surface area contributed by atoms with E-state index in [9.17, 15) is 0 Å². The van der Waals surface area contributed by atoms with E-state index in [1.165, 1.54) is 15.6 Å². The Labute approximate surface area is 212 Å². The first-order valence-electron chi connectivity index (χ1n) is 11.6. The lowest BCUT2D eigenvalue weighted by Gasteiger charge is -2.22. The summed E-state index contributed by atoms with van der Waals surface area (Å²) in [6.07, 6.45) is 8.98. The van der Waals surface area contributed by atoms with Crippen molar-refractivity contribution in [3.63, 3.8) is 0 Å². The first kappa shape index (κ1) is 22.2. The molecule has 7 nitrogen and oxygen atoms in total. The summed E-state index contributed by atoms with van der Waals surface area (Å²) >= 11 is 1.77. The zero-order valence-electron chi connectivity index (χ0n) is 20.1. The Balaban J connectivity index is 1.48. The first-order chi connectivity index (χ1) is 17.6. The summed E-state index contributed by atoms with van der Waals surface area (Å²) in [4.78, 5) is 18.1. The Morgan fingerprint density at radius 2 is 1.89 bits per heavy atom. The van der Waals surface area contributed by atoms with E-state index >= 15 is 0 Å². The molecule has 0 bridgehead atoms. The van der Waals surface area contributed by atoms with Gasteiger partial charge in [0.15, 0.2) is 0 Å². The van der Waals surface area contributed by atoms with Gasteiger partial charge in [0.2, 0.25) is 5.88 Å². The van der Waals surface area contributed by atoms with E-state index in [4.69, 9.17) is 4.74 Å². The highest BCUT2D eigenvalue weighted by Gasteiger charge is 2.20. The zero-order chi connectivity index (χ0) is 24.6. The SMILES string of the molecule is COc1ccc(C(Nc2cc(-c3ccc4scc(C)c4c3)c3nccnc3c2)c2cncn2C)cn1. The molecule has 0 saturated carbocycles. The Kier molecular flexibility index (Phi) is 5.58. The van der Waals surface area contributed by atoms with E-state index in [2.05, 4.69) is 61.8 Å². The second kappa shape index (κ2) is 9.05. The molecule has 0 aliphatic carbocycles. The molecule has 0 aliphatic rings. The molecule has 0 spiro atoms. The maximum atomic E-state index is 5.26. The number of fused-ring (bicyclic) bond motifs is 2. The van der Waals surface area contributed by atoms with Crippen LogP contribution in [0, 0.1) is 6.92 Å². The van der Waals surface area contributed by atoms with Crippen LogP contribution in [0.2, 0.25) is 0 Å². The van der Waals surface area contributed by atoms with Gasteiger partial charge in [-0.2, -0.15) is 0 Å². The number of benzene rings is 2. The molecular formula is C28H24N6OS. The van der Waals surface area contributed by atoms with Gasteiger partial charge in [0.1, 0.15) is 0 Å². The molecule has 8 heteroatoms. The molecule has 1 atom stereocenters. The zero-order valence-corrected chi connectivity index (χ0v) is 21.0. The number of aryl methyl sites for hydroxylation is 2. The highest BCUT2D eigenvalue weighted by molar-refractivity contribution is 7.17. The van der Waals surface area contributed by atoms with E-state index in [-0.39, 0.29) is 6.04 Å². The molecule has 2 aromatic carbocycles. The summed E-state index contributed by atoms with van der Waals surface area (Å²) in [5.74, 6) is 0.574. The monoisotopic (exact) mass is 492 g/mol. The molecule has 1 unspecified atom stereocenters. The third-order valence-electron chi connectivity index (χ3n) is 6.41. The number of thiophene rings is 1. The van der Waals surface area contributed by atoms with Gasteiger partial charge in [-0.1, -0.05) is 6.07 Å². The van der Waals surface area contributed by atoms with Gasteiger partial charge in [0.05, 0.1) is 42.4 Å². The molecule has 36 heavy (non-hydrogen) atoms. The van der Waals surface area contributed by atoms with Crippen LogP contribution in [0.1, 0.15) is 22.9 Å².